The van der Waals surface area contributed by atoms with Gasteiger partial charge >= 0.3 is 0 Å². The zero-order chi connectivity index (χ0) is 29.2. The van der Waals surface area contributed by atoms with E-state index in [2.05, 4.69) is 5.32 Å². The van der Waals surface area contributed by atoms with E-state index in [0.29, 0.717) is 43.9 Å². The van der Waals surface area contributed by atoms with Crippen molar-refractivity contribution in [3.63, 3.8) is 0 Å². The van der Waals surface area contributed by atoms with Gasteiger partial charge in [-0.05, 0) is 58.9 Å². The lowest BCUT2D eigenvalue weighted by Crippen LogP contribution is -2.38. The van der Waals surface area contributed by atoms with Crippen LogP contribution in [0.3, 0.4) is 0 Å². The number of fused-ring (bicyclic) bond motifs is 1. The maximum atomic E-state index is 13.0. The molecule has 216 valence electrons. The van der Waals surface area contributed by atoms with Gasteiger partial charge in [-0.25, -0.2) is 4.39 Å². The number of hydrogen-bond acceptors (Lipinski definition) is 6. The molecule has 0 bridgehead atoms. The Labute approximate surface area is 240 Å². The number of aldehydes is 1. The lowest BCUT2D eigenvalue weighted by atomic mass is 10.1. The highest BCUT2D eigenvalue weighted by molar-refractivity contribution is 7.56. The van der Waals surface area contributed by atoms with Gasteiger partial charge in [0.05, 0.1) is 29.8 Å². The number of carbonyl (C=O) groups is 3. The minimum Gasteiger partial charge on any atom is -0.337 e. The minimum absolute atomic E-state index is 0.0576. The van der Waals surface area contributed by atoms with Gasteiger partial charge < -0.3 is 28.6 Å². The van der Waals surface area contributed by atoms with E-state index in [-0.39, 0.29) is 35.1 Å². The van der Waals surface area contributed by atoms with Crippen LogP contribution in [-0.4, -0.2) is 60.3 Å². The first-order valence-corrected chi connectivity index (χ1v) is 14.8. The van der Waals surface area contributed by atoms with E-state index < -0.39 is 8.38 Å². The zero-order valence-electron chi connectivity index (χ0n) is 23.3. The van der Waals surface area contributed by atoms with Crippen LogP contribution in [0.2, 0.25) is 5.02 Å². The SMILES string of the molecule is CCOP(OCC)c1ccc2c(C(C)=O)cn(CC(=O)N3CCCC3C=O)c2c1.CNCc1cccc(Cl)c1F. The molecule has 1 atom stereocenters. The van der Waals surface area contributed by atoms with Gasteiger partial charge in [0.15, 0.2) is 5.78 Å². The van der Waals surface area contributed by atoms with Gasteiger partial charge in [0, 0.05) is 41.1 Å². The molecule has 0 saturated carbocycles. The van der Waals surface area contributed by atoms with Gasteiger partial charge in [-0.2, -0.15) is 0 Å². The summed E-state index contributed by atoms with van der Waals surface area (Å²) in [4.78, 5) is 37.9. The number of benzene rings is 2. The van der Waals surface area contributed by atoms with E-state index in [1.165, 1.54) is 13.0 Å². The molecule has 2 aromatic carbocycles. The van der Waals surface area contributed by atoms with Crippen molar-refractivity contribution in [1.82, 2.24) is 14.8 Å². The molecule has 11 heteroatoms. The summed E-state index contributed by atoms with van der Waals surface area (Å²) in [6.07, 6.45) is 4.11. The Kier molecular flexibility index (Phi) is 12.2. The average molecular weight is 592 g/mol. The molecule has 1 saturated heterocycles. The second-order valence-corrected chi connectivity index (χ2v) is 11.2. The van der Waals surface area contributed by atoms with Gasteiger partial charge in [-0.1, -0.05) is 29.8 Å². The molecule has 3 aromatic rings. The third-order valence-corrected chi connectivity index (χ3v) is 8.41. The molecule has 1 fully saturated rings. The monoisotopic (exact) mass is 591 g/mol. The Bertz CT molecular complexity index is 1330. The van der Waals surface area contributed by atoms with Gasteiger partial charge in [-0.3, -0.25) is 9.59 Å². The van der Waals surface area contributed by atoms with Crippen LogP contribution < -0.4 is 10.6 Å². The summed E-state index contributed by atoms with van der Waals surface area (Å²) in [6, 6.07) is 10.4. The van der Waals surface area contributed by atoms with Crippen LogP contribution in [-0.2, 0) is 31.7 Å². The Morgan fingerprint density at radius 2 is 1.93 bits per heavy atom. The van der Waals surface area contributed by atoms with Crippen molar-refractivity contribution in [2.24, 2.45) is 0 Å². The number of ketones is 1. The van der Waals surface area contributed by atoms with E-state index in [1.54, 1.807) is 34.8 Å². The number of amides is 1. The quantitative estimate of drug-likeness (QED) is 0.186. The molecule has 40 heavy (non-hydrogen) atoms. The topological polar surface area (TPSA) is 89.9 Å². The molecule has 1 aliphatic rings. The molecule has 1 amide bonds. The van der Waals surface area contributed by atoms with Gasteiger partial charge in [0.1, 0.15) is 18.6 Å². The Morgan fingerprint density at radius 3 is 2.55 bits per heavy atom. The molecular weight excluding hydrogens is 556 g/mol. The number of aromatic nitrogens is 1. The number of Topliss-reactive ketones (excluding diaryl/α,β-unsaturated/α-hetero) is 1. The van der Waals surface area contributed by atoms with Crippen LogP contribution in [0.25, 0.3) is 10.9 Å². The summed E-state index contributed by atoms with van der Waals surface area (Å²) in [5, 5.41) is 4.72. The van der Waals surface area contributed by atoms with Crippen LogP contribution in [0.5, 0.6) is 0 Å². The molecule has 0 aliphatic carbocycles. The number of likely N-dealkylation sites (tertiary alicyclic amines) is 1. The number of nitrogens with one attached hydrogen (secondary N) is 1. The van der Waals surface area contributed by atoms with Crippen molar-refractivity contribution < 1.29 is 27.8 Å². The van der Waals surface area contributed by atoms with Crippen LogP contribution in [0.4, 0.5) is 4.39 Å². The highest BCUT2D eigenvalue weighted by Gasteiger charge is 2.29. The lowest BCUT2D eigenvalue weighted by Gasteiger charge is -2.21. The van der Waals surface area contributed by atoms with E-state index in [0.717, 1.165) is 28.9 Å². The normalized spacial score (nSPS) is 14.9. The summed E-state index contributed by atoms with van der Waals surface area (Å²) in [5.41, 5.74) is 1.96. The number of rotatable bonds is 11. The molecular formula is C29H36ClFN3O5P. The predicted octanol–water partition coefficient (Wildman–Crippen LogP) is 5.24. The van der Waals surface area contributed by atoms with E-state index in [9.17, 15) is 18.8 Å². The first-order valence-electron chi connectivity index (χ1n) is 13.3. The van der Waals surface area contributed by atoms with Gasteiger partial charge in [-0.15, -0.1) is 0 Å². The third kappa shape index (κ3) is 7.74. The van der Waals surface area contributed by atoms with E-state index in [4.69, 9.17) is 20.6 Å². The van der Waals surface area contributed by atoms with Gasteiger partial charge in [0.25, 0.3) is 0 Å². The van der Waals surface area contributed by atoms with Crippen molar-refractivity contribution in [3.05, 3.63) is 64.6 Å². The summed E-state index contributed by atoms with van der Waals surface area (Å²) >= 11 is 5.55. The Hall–Kier alpha value is -2.68. The highest BCUT2D eigenvalue weighted by atomic mass is 35.5. The fraction of sp³-hybridized carbons (Fsp3) is 0.414. The maximum Gasteiger partial charge on any atom is 0.243 e. The van der Waals surface area contributed by atoms with Crippen molar-refractivity contribution in [3.8, 4) is 0 Å². The number of nitrogens with zero attached hydrogens (tertiary/aromatic N) is 2. The molecule has 1 aliphatic heterocycles. The van der Waals surface area contributed by atoms with Crippen LogP contribution in [0, 0.1) is 5.82 Å². The van der Waals surface area contributed by atoms with Crippen molar-refractivity contribution >= 4 is 54.2 Å². The van der Waals surface area contributed by atoms with Gasteiger partial charge in [0.2, 0.25) is 14.3 Å². The van der Waals surface area contributed by atoms with Crippen molar-refractivity contribution in [2.45, 2.75) is 52.7 Å². The first kappa shape index (κ1) is 31.8. The molecule has 4 rings (SSSR count). The zero-order valence-corrected chi connectivity index (χ0v) is 24.9. The molecule has 2 heterocycles. The van der Waals surface area contributed by atoms with E-state index >= 15 is 0 Å². The maximum absolute atomic E-state index is 13.0. The fourth-order valence-electron chi connectivity index (χ4n) is 4.58. The largest absolute Gasteiger partial charge is 0.337 e. The average Bonchev–Trinajstić information content (AvgIpc) is 3.56. The van der Waals surface area contributed by atoms with E-state index in [1.807, 2.05) is 32.0 Å². The lowest BCUT2D eigenvalue weighted by molar-refractivity contribution is -0.135. The summed E-state index contributed by atoms with van der Waals surface area (Å²) < 4.78 is 26.3. The molecule has 0 radical (unpaired) electrons. The first-order chi connectivity index (χ1) is 19.2. The van der Waals surface area contributed by atoms with Crippen LogP contribution in [0.1, 0.15) is 49.5 Å². The fourth-order valence-corrected chi connectivity index (χ4v) is 6.04. The van der Waals surface area contributed by atoms with Crippen molar-refractivity contribution in [2.75, 3.05) is 26.8 Å². The molecule has 0 spiro atoms. The highest BCUT2D eigenvalue weighted by Crippen LogP contribution is 2.38. The second kappa shape index (κ2) is 15.4. The van der Waals surface area contributed by atoms with Crippen molar-refractivity contribution in [1.29, 1.82) is 0 Å². The van der Waals surface area contributed by atoms with Crippen LogP contribution in [0.15, 0.2) is 42.6 Å². The van der Waals surface area contributed by atoms with Crippen LogP contribution >= 0.6 is 20.0 Å². The summed E-state index contributed by atoms with van der Waals surface area (Å²) in [5.74, 6) is -0.504. The molecule has 8 nitrogen and oxygen atoms in total. The number of halogens is 2. The molecule has 1 N–H and O–H groups in total. The Morgan fingerprint density at radius 1 is 1.20 bits per heavy atom. The Balaban J connectivity index is 0.000000336. The molecule has 1 aromatic heterocycles. The predicted molar refractivity (Wildman–Crippen MR) is 157 cm³/mol. The summed E-state index contributed by atoms with van der Waals surface area (Å²) in [7, 11) is 0.538. The number of carbonyl (C=O) groups excluding carboxylic acids is 3. The molecule has 1 unspecified atom stereocenters. The number of hydrogen-bond donors (Lipinski definition) is 1. The smallest absolute Gasteiger partial charge is 0.243 e. The third-order valence-electron chi connectivity index (χ3n) is 6.43. The summed E-state index contributed by atoms with van der Waals surface area (Å²) in [6.45, 7) is 7.60. The second-order valence-electron chi connectivity index (χ2n) is 9.20. The minimum atomic E-state index is -1.23. The standard InChI is InChI=1S/C21H27N2O5P.C8H9ClFN/c1-4-27-29(28-5-2)17-8-9-18-19(15(3)25)12-22(20(18)11-17)13-21(26)23-10-6-7-16(23)14-24;1-11-5-6-3-2-4-7(9)8(6)10/h8-9,11-12,14,16H,4-7,10,13H2,1-3H3;2-4,11H,5H2,1H3.